The largest absolute Gasteiger partial charge is 0.464 e. The third kappa shape index (κ3) is 5.03. The number of carbonyl (C=O) groups excluding carboxylic acids is 1. The van der Waals surface area contributed by atoms with Crippen LogP contribution in [0.3, 0.4) is 0 Å². The molecular weight excluding hydrogens is 360 g/mol. The number of fused-ring (bicyclic) bond motifs is 1. The fourth-order valence-corrected chi connectivity index (χ4v) is 5.11. The van der Waals surface area contributed by atoms with E-state index in [0.717, 1.165) is 24.3 Å². The van der Waals surface area contributed by atoms with Crippen LogP contribution in [0.2, 0.25) is 0 Å². The first-order valence-electron chi connectivity index (χ1n) is 11.6. The normalized spacial score (nSPS) is 24.2. The molecule has 1 aromatic heterocycles. The van der Waals surface area contributed by atoms with Crippen LogP contribution in [0.1, 0.15) is 70.3 Å². The highest BCUT2D eigenvalue weighted by Crippen LogP contribution is 2.35. The van der Waals surface area contributed by atoms with E-state index in [2.05, 4.69) is 28.4 Å². The predicted molar refractivity (Wildman–Crippen MR) is 118 cm³/mol. The van der Waals surface area contributed by atoms with Crippen molar-refractivity contribution in [2.45, 2.75) is 70.8 Å². The van der Waals surface area contributed by atoms with Gasteiger partial charge in [0.05, 0.1) is 6.26 Å². The quantitative estimate of drug-likeness (QED) is 0.717. The zero-order valence-electron chi connectivity index (χ0n) is 18.0. The molecule has 2 aromatic rings. The number of nitrogens with one attached hydrogen (secondary N) is 1. The van der Waals surface area contributed by atoms with E-state index < -0.39 is 0 Å². The summed E-state index contributed by atoms with van der Waals surface area (Å²) in [6.07, 6.45) is 10.6. The minimum Gasteiger partial charge on any atom is -0.464 e. The Morgan fingerprint density at radius 3 is 2.55 bits per heavy atom. The highest BCUT2D eigenvalue weighted by molar-refractivity contribution is 5.81. The Balaban J connectivity index is 1.18. The summed E-state index contributed by atoms with van der Waals surface area (Å²) in [7, 11) is 0. The molecule has 158 valence electrons. The van der Waals surface area contributed by atoms with Crippen molar-refractivity contribution in [2.75, 3.05) is 19.6 Å². The van der Waals surface area contributed by atoms with Crippen molar-refractivity contribution < 1.29 is 9.21 Å². The van der Waals surface area contributed by atoms with Crippen LogP contribution in [0.5, 0.6) is 0 Å². The van der Waals surface area contributed by atoms with Gasteiger partial charge in [-0.1, -0.05) is 32.0 Å². The van der Waals surface area contributed by atoms with Crippen LogP contribution in [-0.4, -0.2) is 36.5 Å². The Hall–Kier alpha value is -1.81. The monoisotopic (exact) mass is 396 g/mol. The van der Waals surface area contributed by atoms with E-state index in [1.165, 1.54) is 62.7 Å². The number of rotatable bonds is 6. The van der Waals surface area contributed by atoms with E-state index in [4.69, 9.17) is 4.42 Å². The number of furan rings is 1. The van der Waals surface area contributed by atoms with Gasteiger partial charge < -0.3 is 14.6 Å². The molecule has 4 nitrogen and oxygen atoms in total. The van der Waals surface area contributed by atoms with E-state index in [1.807, 2.05) is 26.2 Å². The van der Waals surface area contributed by atoms with Crippen molar-refractivity contribution in [1.29, 1.82) is 0 Å². The third-order valence-corrected chi connectivity index (χ3v) is 7.11. The molecule has 1 saturated carbocycles. The zero-order chi connectivity index (χ0) is 20.2. The lowest BCUT2D eigenvalue weighted by Gasteiger charge is -2.34. The number of piperidine rings is 1. The van der Waals surface area contributed by atoms with Crippen molar-refractivity contribution in [3.8, 4) is 0 Å². The van der Waals surface area contributed by atoms with Crippen molar-refractivity contribution >= 4 is 16.9 Å². The van der Waals surface area contributed by atoms with Gasteiger partial charge in [-0.2, -0.15) is 0 Å². The summed E-state index contributed by atoms with van der Waals surface area (Å²) in [5, 5.41) is 4.52. The molecule has 2 heterocycles. The Morgan fingerprint density at radius 1 is 1.10 bits per heavy atom. The fraction of sp³-hybridized carbons (Fsp3) is 0.640. The maximum atomic E-state index is 11.9. The number of para-hydroxylation sites is 1. The number of likely N-dealkylation sites (tertiary alicyclic amines) is 1. The van der Waals surface area contributed by atoms with E-state index in [0.29, 0.717) is 12.0 Å². The molecular formula is C25H36N2O2. The van der Waals surface area contributed by atoms with Gasteiger partial charge in [0.1, 0.15) is 5.58 Å². The Morgan fingerprint density at radius 2 is 1.83 bits per heavy atom. The molecule has 1 aliphatic heterocycles. The summed E-state index contributed by atoms with van der Waals surface area (Å²) in [5.41, 5.74) is 2.42. The molecule has 0 unspecified atom stereocenters. The average molecular weight is 397 g/mol. The van der Waals surface area contributed by atoms with Gasteiger partial charge in [-0.05, 0) is 82.5 Å². The van der Waals surface area contributed by atoms with Gasteiger partial charge in [-0.15, -0.1) is 0 Å². The second kappa shape index (κ2) is 9.34. The molecule has 0 radical (unpaired) electrons. The molecule has 1 N–H and O–H groups in total. The molecule has 0 spiro atoms. The van der Waals surface area contributed by atoms with Crippen LogP contribution in [0.4, 0.5) is 0 Å². The first-order valence-corrected chi connectivity index (χ1v) is 11.6. The van der Waals surface area contributed by atoms with E-state index >= 15 is 0 Å². The first kappa shape index (κ1) is 20.5. The van der Waals surface area contributed by atoms with Gasteiger partial charge >= 0.3 is 0 Å². The van der Waals surface area contributed by atoms with Crippen LogP contribution >= 0.6 is 0 Å². The Labute approximate surface area is 175 Å². The van der Waals surface area contributed by atoms with Gasteiger partial charge in [0.25, 0.3) is 0 Å². The smallest absolute Gasteiger partial charge is 0.222 e. The number of hydrogen-bond donors (Lipinski definition) is 1. The molecule has 1 saturated heterocycles. The van der Waals surface area contributed by atoms with Crippen molar-refractivity contribution in [1.82, 2.24) is 10.2 Å². The summed E-state index contributed by atoms with van der Waals surface area (Å²) in [4.78, 5) is 14.5. The van der Waals surface area contributed by atoms with E-state index in [9.17, 15) is 4.79 Å². The molecule has 4 heteroatoms. The third-order valence-electron chi connectivity index (χ3n) is 7.11. The maximum absolute atomic E-state index is 11.9. The molecule has 0 bridgehead atoms. The predicted octanol–water partition coefficient (Wildman–Crippen LogP) is 5.33. The standard InChI is InChI=1S/C25H36N2O2/c1-18(2)25(28)26-21-9-7-19(8-10-21)11-14-27-15-12-20(13-16-27)23-17-29-24-6-4-3-5-22(23)24/h3-6,17-21H,7-16H2,1-2H3,(H,26,28)/t19-,21-. The van der Waals surface area contributed by atoms with Crippen molar-refractivity contribution in [3.05, 3.63) is 36.1 Å². The van der Waals surface area contributed by atoms with E-state index in [1.54, 1.807) is 0 Å². The van der Waals surface area contributed by atoms with Gasteiger partial charge in [-0.25, -0.2) is 0 Å². The van der Waals surface area contributed by atoms with Crippen LogP contribution in [0.25, 0.3) is 11.0 Å². The lowest BCUT2D eigenvalue weighted by atomic mass is 9.83. The highest BCUT2D eigenvalue weighted by Gasteiger charge is 2.26. The van der Waals surface area contributed by atoms with Crippen LogP contribution < -0.4 is 5.32 Å². The fourth-order valence-electron chi connectivity index (χ4n) is 5.11. The van der Waals surface area contributed by atoms with Crippen LogP contribution in [0, 0.1) is 11.8 Å². The second-order valence-electron chi connectivity index (χ2n) is 9.47. The summed E-state index contributed by atoms with van der Waals surface area (Å²) in [6, 6.07) is 8.82. The molecule has 29 heavy (non-hydrogen) atoms. The summed E-state index contributed by atoms with van der Waals surface area (Å²) >= 11 is 0. The first-order chi connectivity index (χ1) is 14.1. The summed E-state index contributed by atoms with van der Waals surface area (Å²) in [6.45, 7) is 7.57. The molecule has 0 atom stereocenters. The average Bonchev–Trinajstić information content (AvgIpc) is 3.18. The van der Waals surface area contributed by atoms with Crippen molar-refractivity contribution in [2.24, 2.45) is 11.8 Å². The maximum Gasteiger partial charge on any atom is 0.222 e. The van der Waals surface area contributed by atoms with E-state index in [-0.39, 0.29) is 11.8 Å². The number of amides is 1. The molecule has 1 amide bonds. The van der Waals surface area contributed by atoms with Crippen LogP contribution in [-0.2, 0) is 4.79 Å². The van der Waals surface area contributed by atoms with Crippen LogP contribution in [0.15, 0.2) is 34.9 Å². The van der Waals surface area contributed by atoms with Gasteiger partial charge in [0, 0.05) is 22.9 Å². The number of hydrogen-bond acceptors (Lipinski definition) is 3. The topological polar surface area (TPSA) is 45.5 Å². The Bertz CT molecular complexity index is 796. The van der Waals surface area contributed by atoms with Crippen molar-refractivity contribution in [3.63, 3.8) is 0 Å². The lowest BCUT2D eigenvalue weighted by molar-refractivity contribution is -0.125. The van der Waals surface area contributed by atoms with Gasteiger partial charge in [-0.3, -0.25) is 4.79 Å². The second-order valence-corrected chi connectivity index (χ2v) is 9.47. The zero-order valence-corrected chi connectivity index (χ0v) is 18.0. The molecule has 2 fully saturated rings. The number of carbonyl (C=O) groups is 1. The minimum atomic E-state index is 0.0932. The molecule has 1 aromatic carbocycles. The number of benzene rings is 1. The summed E-state index contributed by atoms with van der Waals surface area (Å²) < 4.78 is 5.76. The molecule has 2 aliphatic rings. The summed E-state index contributed by atoms with van der Waals surface area (Å²) in [5.74, 6) is 1.77. The highest BCUT2D eigenvalue weighted by atomic mass is 16.3. The molecule has 4 rings (SSSR count). The minimum absolute atomic E-state index is 0.0932. The van der Waals surface area contributed by atoms with Gasteiger partial charge in [0.2, 0.25) is 5.91 Å². The Kier molecular flexibility index (Phi) is 6.59. The van der Waals surface area contributed by atoms with Gasteiger partial charge in [0.15, 0.2) is 0 Å². The molecule has 1 aliphatic carbocycles. The number of nitrogens with zero attached hydrogens (tertiary/aromatic N) is 1. The lowest BCUT2D eigenvalue weighted by Crippen LogP contribution is -2.40. The SMILES string of the molecule is CC(C)C(=O)N[C@H]1CC[C@H](CCN2CCC(c3coc4ccccc34)CC2)CC1.